The van der Waals surface area contributed by atoms with E-state index in [2.05, 4.69) is 17.0 Å². The lowest BCUT2D eigenvalue weighted by molar-refractivity contribution is -0.384. The molecule has 1 atom stereocenters. The van der Waals surface area contributed by atoms with Crippen molar-refractivity contribution in [3.05, 3.63) is 70.3 Å². The molecule has 6 nitrogen and oxygen atoms in total. The van der Waals surface area contributed by atoms with Crippen molar-refractivity contribution in [2.75, 3.05) is 25.0 Å². The highest BCUT2D eigenvalue weighted by Crippen LogP contribution is 2.23. The van der Waals surface area contributed by atoms with Crippen molar-refractivity contribution in [2.24, 2.45) is 0 Å². The molecule has 3 rings (SSSR count). The predicted octanol–water partition coefficient (Wildman–Crippen LogP) is 3.26. The molecule has 2 aromatic carbocycles. The molecule has 0 unspecified atom stereocenters. The number of hydrogen-bond donors (Lipinski definition) is 0. The highest BCUT2D eigenvalue weighted by atomic mass is 16.6. The number of anilines is 1. The van der Waals surface area contributed by atoms with E-state index in [9.17, 15) is 14.9 Å². The minimum atomic E-state index is -0.440. The maximum atomic E-state index is 12.7. The number of carbonyl (C=O) groups excluding carboxylic acids is 1. The Morgan fingerprint density at radius 2 is 1.88 bits per heavy atom. The lowest BCUT2D eigenvalue weighted by atomic mass is 10.0. The molecular weight excluding hydrogens is 330 g/mol. The van der Waals surface area contributed by atoms with Crippen LogP contribution in [-0.2, 0) is 11.2 Å². The van der Waals surface area contributed by atoms with Crippen LogP contribution in [0.2, 0.25) is 0 Å². The molecule has 1 heterocycles. The Bertz CT molecular complexity index is 762. The quantitative estimate of drug-likeness (QED) is 0.590. The van der Waals surface area contributed by atoms with E-state index in [-0.39, 0.29) is 11.6 Å². The Morgan fingerprint density at radius 3 is 2.54 bits per heavy atom. The number of rotatable bonds is 6. The summed E-state index contributed by atoms with van der Waals surface area (Å²) >= 11 is 0. The van der Waals surface area contributed by atoms with Gasteiger partial charge in [-0.05, 0) is 43.5 Å². The largest absolute Gasteiger partial charge is 0.314 e. The minimum absolute atomic E-state index is 0.00110. The van der Waals surface area contributed by atoms with Crippen molar-refractivity contribution in [1.29, 1.82) is 0 Å². The molecule has 1 fully saturated rings. The van der Waals surface area contributed by atoms with E-state index < -0.39 is 4.92 Å². The minimum Gasteiger partial charge on any atom is -0.314 e. The van der Waals surface area contributed by atoms with Crippen molar-refractivity contribution >= 4 is 17.3 Å². The van der Waals surface area contributed by atoms with Crippen LogP contribution in [-0.4, -0.2) is 41.9 Å². The first-order chi connectivity index (χ1) is 12.5. The Morgan fingerprint density at radius 1 is 1.19 bits per heavy atom. The number of nitro groups is 1. The fourth-order valence-electron chi connectivity index (χ4n) is 3.44. The molecule has 0 spiro atoms. The zero-order valence-corrected chi connectivity index (χ0v) is 14.9. The normalized spacial score (nSPS) is 17.2. The Kier molecular flexibility index (Phi) is 5.63. The van der Waals surface area contributed by atoms with Gasteiger partial charge in [0.25, 0.3) is 5.69 Å². The number of nitro benzene ring substituents is 1. The highest BCUT2D eigenvalue weighted by Gasteiger charge is 2.27. The SMILES string of the molecule is CN(C(=O)CN1CCC[C@H]1Cc1ccccc1)c1ccc([N+](=O)[O-])cc1. The van der Waals surface area contributed by atoms with Crippen LogP contribution in [0.3, 0.4) is 0 Å². The Hall–Kier alpha value is -2.73. The van der Waals surface area contributed by atoms with E-state index in [1.165, 1.54) is 17.7 Å². The molecule has 26 heavy (non-hydrogen) atoms. The summed E-state index contributed by atoms with van der Waals surface area (Å²) in [5.74, 6) is -0.00110. The van der Waals surface area contributed by atoms with E-state index >= 15 is 0 Å². The van der Waals surface area contributed by atoms with Gasteiger partial charge in [-0.25, -0.2) is 0 Å². The molecule has 1 aliphatic rings. The first kappa shape index (κ1) is 18.1. The second kappa shape index (κ2) is 8.10. The van der Waals surface area contributed by atoms with Crippen LogP contribution in [0.1, 0.15) is 18.4 Å². The Labute approximate surface area is 153 Å². The summed E-state index contributed by atoms with van der Waals surface area (Å²) in [6.45, 7) is 1.29. The zero-order valence-electron chi connectivity index (χ0n) is 14.9. The number of likely N-dealkylation sites (N-methyl/N-ethyl adjacent to an activating group) is 1. The van der Waals surface area contributed by atoms with Gasteiger partial charge in [0.1, 0.15) is 0 Å². The lowest BCUT2D eigenvalue weighted by Gasteiger charge is -2.26. The van der Waals surface area contributed by atoms with Gasteiger partial charge in [-0.15, -0.1) is 0 Å². The van der Waals surface area contributed by atoms with Crippen LogP contribution in [0.4, 0.5) is 11.4 Å². The fourth-order valence-corrected chi connectivity index (χ4v) is 3.44. The van der Waals surface area contributed by atoms with Gasteiger partial charge in [-0.2, -0.15) is 0 Å². The lowest BCUT2D eigenvalue weighted by Crippen LogP contribution is -2.41. The van der Waals surface area contributed by atoms with Gasteiger partial charge in [0.05, 0.1) is 11.5 Å². The van der Waals surface area contributed by atoms with Crippen LogP contribution in [0.25, 0.3) is 0 Å². The maximum absolute atomic E-state index is 12.7. The summed E-state index contributed by atoms with van der Waals surface area (Å²) in [6.07, 6.45) is 3.16. The summed E-state index contributed by atoms with van der Waals surface area (Å²) in [4.78, 5) is 26.8. The van der Waals surface area contributed by atoms with Gasteiger partial charge in [-0.3, -0.25) is 19.8 Å². The number of non-ortho nitro benzene ring substituents is 1. The fraction of sp³-hybridized carbons (Fsp3) is 0.350. The average molecular weight is 353 g/mol. The number of benzene rings is 2. The van der Waals surface area contributed by atoms with Crippen LogP contribution in [0.5, 0.6) is 0 Å². The van der Waals surface area contributed by atoms with Gasteiger partial charge >= 0.3 is 0 Å². The number of hydrogen-bond acceptors (Lipinski definition) is 4. The van der Waals surface area contributed by atoms with Crippen LogP contribution in [0.15, 0.2) is 54.6 Å². The summed E-state index contributed by atoms with van der Waals surface area (Å²) in [6, 6.07) is 16.8. The van der Waals surface area contributed by atoms with Crippen molar-refractivity contribution in [1.82, 2.24) is 4.90 Å². The molecule has 1 saturated heterocycles. The summed E-state index contributed by atoms with van der Waals surface area (Å²) < 4.78 is 0. The third-order valence-electron chi connectivity index (χ3n) is 4.97. The monoisotopic (exact) mass is 353 g/mol. The van der Waals surface area contributed by atoms with Crippen LogP contribution in [0, 0.1) is 10.1 Å². The highest BCUT2D eigenvalue weighted by molar-refractivity contribution is 5.94. The molecule has 136 valence electrons. The van der Waals surface area contributed by atoms with Gasteiger partial charge in [0, 0.05) is 30.9 Å². The van der Waals surface area contributed by atoms with E-state index in [0.29, 0.717) is 18.3 Å². The molecule has 0 radical (unpaired) electrons. The third-order valence-corrected chi connectivity index (χ3v) is 4.97. The molecule has 1 amide bonds. The zero-order chi connectivity index (χ0) is 18.5. The molecule has 0 bridgehead atoms. The molecule has 0 aliphatic carbocycles. The number of likely N-dealkylation sites (tertiary alicyclic amines) is 1. The number of amides is 1. The standard InChI is InChI=1S/C20H23N3O3/c1-21(17-9-11-18(12-10-17)23(25)26)20(24)15-22-13-5-8-19(22)14-16-6-3-2-4-7-16/h2-4,6-7,9-12,19H,5,8,13-15H2,1H3/t19-/m0/s1. The van der Waals surface area contributed by atoms with Crippen molar-refractivity contribution < 1.29 is 9.72 Å². The molecule has 6 heteroatoms. The Balaban J connectivity index is 1.61. The molecule has 0 saturated carbocycles. The first-order valence-electron chi connectivity index (χ1n) is 8.83. The second-order valence-electron chi connectivity index (χ2n) is 6.68. The molecule has 0 aromatic heterocycles. The number of nitrogens with zero attached hydrogens (tertiary/aromatic N) is 3. The topological polar surface area (TPSA) is 66.7 Å². The van der Waals surface area contributed by atoms with E-state index in [4.69, 9.17) is 0 Å². The third kappa shape index (κ3) is 4.26. The van der Waals surface area contributed by atoms with Crippen LogP contribution < -0.4 is 4.90 Å². The first-order valence-corrected chi connectivity index (χ1v) is 8.83. The van der Waals surface area contributed by atoms with Gasteiger partial charge in [0.2, 0.25) is 5.91 Å². The van der Waals surface area contributed by atoms with Gasteiger partial charge in [-0.1, -0.05) is 30.3 Å². The molecule has 0 N–H and O–H groups in total. The van der Waals surface area contributed by atoms with E-state index in [0.717, 1.165) is 25.8 Å². The summed E-state index contributed by atoms with van der Waals surface area (Å²) in [7, 11) is 1.71. The van der Waals surface area contributed by atoms with Gasteiger partial charge < -0.3 is 4.90 Å². The van der Waals surface area contributed by atoms with Crippen molar-refractivity contribution in [2.45, 2.75) is 25.3 Å². The van der Waals surface area contributed by atoms with Crippen LogP contribution >= 0.6 is 0 Å². The van der Waals surface area contributed by atoms with E-state index in [1.54, 1.807) is 24.1 Å². The molecule has 1 aliphatic heterocycles. The summed E-state index contributed by atoms with van der Waals surface area (Å²) in [5.41, 5.74) is 1.98. The van der Waals surface area contributed by atoms with Gasteiger partial charge in [0.15, 0.2) is 0 Å². The predicted molar refractivity (Wildman–Crippen MR) is 101 cm³/mol. The molecule has 2 aromatic rings. The van der Waals surface area contributed by atoms with Crippen molar-refractivity contribution in [3.63, 3.8) is 0 Å². The smallest absolute Gasteiger partial charge is 0.269 e. The van der Waals surface area contributed by atoms with Crippen molar-refractivity contribution in [3.8, 4) is 0 Å². The van der Waals surface area contributed by atoms with E-state index in [1.807, 2.05) is 18.2 Å². The molecular formula is C20H23N3O3. The summed E-state index contributed by atoms with van der Waals surface area (Å²) in [5, 5.41) is 10.8. The maximum Gasteiger partial charge on any atom is 0.269 e. The second-order valence-corrected chi connectivity index (χ2v) is 6.68. The number of carbonyl (C=O) groups is 1. The average Bonchev–Trinajstić information content (AvgIpc) is 3.08.